The first-order chi connectivity index (χ1) is 9.81. The molecule has 0 radical (unpaired) electrons. The van der Waals surface area contributed by atoms with Crippen molar-refractivity contribution in [3.05, 3.63) is 57.2 Å². The van der Waals surface area contributed by atoms with E-state index < -0.39 is 0 Å². The van der Waals surface area contributed by atoms with Gasteiger partial charge in [0.1, 0.15) is 0 Å². The summed E-state index contributed by atoms with van der Waals surface area (Å²) < 4.78 is 0. The van der Waals surface area contributed by atoms with Crippen molar-refractivity contribution in [2.45, 2.75) is 37.6 Å². The molecule has 1 nitrogen and oxygen atoms in total. The van der Waals surface area contributed by atoms with Crippen LogP contribution >= 0.6 is 22.9 Å². The van der Waals surface area contributed by atoms with Gasteiger partial charge in [-0.2, -0.15) is 11.3 Å². The van der Waals surface area contributed by atoms with Crippen LogP contribution in [-0.2, 0) is 6.42 Å². The van der Waals surface area contributed by atoms with Gasteiger partial charge in [-0.25, -0.2) is 0 Å². The molecule has 106 valence electrons. The summed E-state index contributed by atoms with van der Waals surface area (Å²) in [6.07, 6.45) is 5.04. The van der Waals surface area contributed by atoms with Crippen LogP contribution in [0.5, 0.6) is 0 Å². The quantitative estimate of drug-likeness (QED) is 0.769. The number of benzene rings is 1. The molecule has 0 aliphatic heterocycles. The minimum atomic E-state index is 0.577. The van der Waals surface area contributed by atoms with E-state index in [0.29, 0.717) is 5.92 Å². The highest BCUT2D eigenvalue weighted by molar-refractivity contribution is 7.07. The molecule has 3 rings (SSSR count). The Balaban J connectivity index is 1.63. The molecule has 1 fully saturated rings. The second-order valence-electron chi connectivity index (χ2n) is 5.60. The zero-order chi connectivity index (χ0) is 13.8. The summed E-state index contributed by atoms with van der Waals surface area (Å²) in [5.41, 5.74) is 2.86. The van der Waals surface area contributed by atoms with E-state index in [-0.39, 0.29) is 0 Å². The van der Waals surface area contributed by atoms with Crippen molar-refractivity contribution in [2.75, 3.05) is 6.54 Å². The Kier molecular flexibility index (Phi) is 4.77. The van der Waals surface area contributed by atoms with Gasteiger partial charge in [-0.1, -0.05) is 23.7 Å². The van der Waals surface area contributed by atoms with E-state index in [1.165, 1.54) is 30.4 Å². The molecule has 20 heavy (non-hydrogen) atoms. The predicted octanol–water partition coefficient (Wildman–Crippen LogP) is 4.87. The Morgan fingerprint density at radius 2 is 2.00 bits per heavy atom. The molecule has 1 aliphatic rings. The fourth-order valence-electron chi connectivity index (χ4n) is 2.49. The predicted molar refractivity (Wildman–Crippen MR) is 87.9 cm³/mol. The number of halogens is 1. The zero-order valence-corrected chi connectivity index (χ0v) is 13.1. The number of thiophene rings is 1. The van der Waals surface area contributed by atoms with Gasteiger partial charge in [0.15, 0.2) is 0 Å². The van der Waals surface area contributed by atoms with Gasteiger partial charge < -0.3 is 5.32 Å². The third kappa shape index (κ3) is 4.08. The van der Waals surface area contributed by atoms with Gasteiger partial charge in [-0.15, -0.1) is 0 Å². The molecule has 1 unspecified atom stereocenters. The van der Waals surface area contributed by atoms with E-state index in [1.54, 1.807) is 11.3 Å². The largest absolute Gasteiger partial charge is 0.313 e. The van der Waals surface area contributed by atoms with Crippen LogP contribution in [0.1, 0.15) is 36.3 Å². The molecule has 1 aliphatic carbocycles. The van der Waals surface area contributed by atoms with Crippen LogP contribution in [0.15, 0.2) is 41.1 Å². The standard InChI is InChI=1S/C17H20ClNS/c18-16-5-3-14(4-6-16)15(11-19-17-7-8-17)2-1-13-9-10-20-12-13/h3-6,9-10,12,15,17,19H,1-2,7-8,11H2. The van der Waals surface area contributed by atoms with Crippen LogP contribution in [0, 0.1) is 0 Å². The summed E-state index contributed by atoms with van der Waals surface area (Å²) in [6.45, 7) is 1.08. The first kappa shape index (κ1) is 14.1. The minimum Gasteiger partial charge on any atom is -0.313 e. The Bertz CT molecular complexity index is 516. The first-order valence-corrected chi connectivity index (χ1v) is 8.63. The van der Waals surface area contributed by atoms with Crippen LogP contribution in [0.4, 0.5) is 0 Å². The normalized spacial score (nSPS) is 16.2. The highest BCUT2D eigenvalue weighted by Crippen LogP contribution is 2.26. The second-order valence-corrected chi connectivity index (χ2v) is 6.82. The Labute approximate surface area is 130 Å². The molecule has 1 aromatic heterocycles. The maximum Gasteiger partial charge on any atom is 0.0406 e. The molecule has 2 aromatic rings. The SMILES string of the molecule is Clc1ccc(C(CCc2ccsc2)CNC2CC2)cc1. The molecule has 1 heterocycles. The fraction of sp³-hybridized carbons (Fsp3) is 0.412. The highest BCUT2D eigenvalue weighted by atomic mass is 35.5. The maximum absolute atomic E-state index is 6.00. The molecule has 0 spiro atoms. The number of hydrogen-bond donors (Lipinski definition) is 1. The molecule has 0 amide bonds. The Morgan fingerprint density at radius 1 is 1.20 bits per heavy atom. The average molecular weight is 306 g/mol. The lowest BCUT2D eigenvalue weighted by Crippen LogP contribution is -2.24. The van der Waals surface area contributed by atoms with E-state index in [2.05, 4.69) is 34.3 Å². The van der Waals surface area contributed by atoms with Crippen LogP contribution in [0.3, 0.4) is 0 Å². The molecule has 0 bridgehead atoms. The lowest BCUT2D eigenvalue weighted by Gasteiger charge is -2.18. The number of nitrogens with one attached hydrogen (secondary N) is 1. The smallest absolute Gasteiger partial charge is 0.0406 e. The highest BCUT2D eigenvalue weighted by Gasteiger charge is 2.22. The topological polar surface area (TPSA) is 12.0 Å². The van der Waals surface area contributed by atoms with Gasteiger partial charge in [0.05, 0.1) is 0 Å². The van der Waals surface area contributed by atoms with E-state index in [1.807, 2.05) is 12.1 Å². The second kappa shape index (κ2) is 6.75. The van der Waals surface area contributed by atoms with E-state index >= 15 is 0 Å². The summed E-state index contributed by atoms with van der Waals surface area (Å²) in [5.74, 6) is 0.577. The van der Waals surface area contributed by atoms with Gasteiger partial charge in [0.2, 0.25) is 0 Å². The zero-order valence-electron chi connectivity index (χ0n) is 11.5. The molecular weight excluding hydrogens is 286 g/mol. The van der Waals surface area contributed by atoms with E-state index in [0.717, 1.165) is 24.0 Å². The molecule has 1 aromatic carbocycles. The van der Waals surface area contributed by atoms with Crippen molar-refractivity contribution >= 4 is 22.9 Å². The van der Waals surface area contributed by atoms with Gasteiger partial charge >= 0.3 is 0 Å². The Hall–Kier alpha value is -0.830. The van der Waals surface area contributed by atoms with Gasteiger partial charge in [0.25, 0.3) is 0 Å². The van der Waals surface area contributed by atoms with Crippen LogP contribution in [-0.4, -0.2) is 12.6 Å². The molecule has 0 saturated heterocycles. The number of aryl methyl sites for hydroxylation is 1. The fourth-order valence-corrected chi connectivity index (χ4v) is 3.32. The third-order valence-electron chi connectivity index (χ3n) is 3.93. The molecule has 3 heteroatoms. The van der Waals surface area contributed by atoms with Crippen molar-refractivity contribution in [3.8, 4) is 0 Å². The van der Waals surface area contributed by atoms with Gasteiger partial charge in [-0.3, -0.25) is 0 Å². The van der Waals surface area contributed by atoms with Crippen molar-refractivity contribution in [2.24, 2.45) is 0 Å². The minimum absolute atomic E-state index is 0.577. The van der Waals surface area contributed by atoms with Crippen LogP contribution < -0.4 is 5.32 Å². The van der Waals surface area contributed by atoms with Gasteiger partial charge in [-0.05, 0) is 71.7 Å². The molecule has 1 saturated carbocycles. The van der Waals surface area contributed by atoms with Crippen molar-refractivity contribution in [1.29, 1.82) is 0 Å². The average Bonchev–Trinajstić information content (AvgIpc) is 3.14. The van der Waals surface area contributed by atoms with E-state index in [4.69, 9.17) is 11.6 Å². The third-order valence-corrected chi connectivity index (χ3v) is 4.92. The Morgan fingerprint density at radius 3 is 2.65 bits per heavy atom. The van der Waals surface area contributed by atoms with Crippen LogP contribution in [0.2, 0.25) is 5.02 Å². The van der Waals surface area contributed by atoms with E-state index in [9.17, 15) is 0 Å². The van der Waals surface area contributed by atoms with Crippen LogP contribution in [0.25, 0.3) is 0 Å². The van der Waals surface area contributed by atoms with Crippen molar-refractivity contribution in [3.63, 3.8) is 0 Å². The summed E-state index contributed by atoms with van der Waals surface area (Å²) in [5, 5.41) is 8.91. The van der Waals surface area contributed by atoms with Gasteiger partial charge in [0, 0.05) is 17.6 Å². The van der Waals surface area contributed by atoms with Crippen molar-refractivity contribution in [1.82, 2.24) is 5.32 Å². The molecule has 1 N–H and O–H groups in total. The monoisotopic (exact) mass is 305 g/mol. The summed E-state index contributed by atoms with van der Waals surface area (Å²) in [4.78, 5) is 0. The summed E-state index contributed by atoms with van der Waals surface area (Å²) >= 11 is 7.78. The first-order valence-electron chi connectivity index (χ1n) is 7.31. The lowest BCUT2D eigenvalue weighted by molar-refractivity contribution is 0.548. The maximum atomic E-state index is 6.00. The molecule has 1 atom stereocenters. The molecular formula is C17H20ClNS. The lowest BCUT2D eigenvalue weighted by atomic mass is 9.93. The number of rotatable bonds is 7. The summed E-state index contributed by atoms with van der Waals surface area (Å²) in [7, 11) is 0. The number of hydrogen-bond acceptors (Lipinski definition) is 2. The van der Waals surface area contributed by atoms with Crippen molar-refractivity contribution < 1.29 is 0 Å². The summed E-state index contributed by atoms with van der Waals surface area (Å²) in [6, 6.07) is 11.4.